The topological polar surface area (TPSA) is 55.1 Å². The van der Waals surface area contributed by atoms with Crippen molar-refractivity contribution in [2.75, 3.05) is 5.75 Å². The number of hydrogen-bond acceptors (Lipinski definition) is 3. The van der Waals surface area contributed by atoms with Crippen molar-refractivity contribution in [3.05, 3.63) is 17.7 Å². The van der Waals surface area contributed by atoms with E-state index in [2.05, 4.69) is 15.7 Å². The van der Waals surface area contributed by atoms with Gasteiger partial charge in [-0.15, -0.1) is 0 Å². The molecule has 0 saturated carbocycles. The average molecular weight is 266 g/mol. The molecule has 0 spiro atoms. The summed E-state index contributed by atoms with van der Waals surface area (Å²) in [7, 11) is 0. The van der Waals surface area contributed by atoms with Crippen LogP contribution in [0.1, 0.15) is 30.8 Å². The van der Waals surface area contributed by atoms with E-state index < -0.39 is 5.97 Å². The van der Waals surface area contributed by atoms with Crippen LogP contribution in [0, 0.1) is 5.92 Å². The van der Waals surface area contributed by atoms with Crippen LogP contribution in [0.4, 0.5) is 0 Å². The number of hydrogen-bond donors (Lipinski definition) is 1. The third kappa shape index (κ3) is 2.41. The third-order valence-electron chi connectivity index (χ3n) is 3.85. The van der Waals surface area contributed by atoms with Crippen molar-refractivity contribution in [1.29, 1.82) is 0 Å². The Bertz CT molecular complexity index is 452. The molecule has 3 heterocycles. The number of carboxylic acids is 1. The van der Waals surface area contributed by atoms with E-state index in [-0.39, 0.29) is 5.92 Å². The monoisotopic (exact) mass is 266 g/mol. The Balaban J connectivity index is 1.70. The Labute approximate surface area is 111 Å². The van der Waals surface area contributed by atoms with Gasteiger partial charge in [0.1, 0.15) is 5.82 Å². The minimum atomic E-state index is -0.678. The summed E-state index contributed by atoms with van der Waals surface area (Å²) < 4.78 is 2.05. The molecular formula is C13H18N2O2S. The summed E-state index contributed by atoms with van der Waals surface area (Å²) in [5.41, 5.74) is 1.15. The standard InChI is InChI=1S/C13H18N2O2S/c16-13(17)9-3-4-12-14-10(8-15(12)7-9)6-11-2-1-5-18-11/h8-9,11H,1-7H2,(H,16,17). The van der Waals surface area contributed by atoms with E-state index in [9.17, 15) is 4.79 Å². The Morgan fingerprint density at radius 2 is 2.44 bits per heavy atom. The molecule has 18 heavy (non-hydrogen) atoms. The maximum Gasteiger partial charge on any atom is 0.308 e. The van der Waals surface area contributed by atoms with E-state index in [0.717, 1.165) is 36.0 Å². The number of nitrogens with zero attached hydrogens (tertiary/aromatic N) is 2. The minimum Gasteiger partial charge on any atom is -0.481 e. The summed E-state index contributed by atoms with van der Waals surface area (Å²) in [6.45, 7) is 0.593. The highest BCUT2D eigenvalue weighted by Gasteiger charge is 2.26. The molecule has 0 aliphatic carbocycles. The van der Waals surface area contributed by atoms with Gasteiger partial charge in [-0.25, -0.2) is 4.98 Å². The first-order chi connectivity index (χ1) is 8.72. The quantitative estimate of drug-likeness (QED) is 0.908. The lowest BCUT2D eigenvalue weighted by atomic mass is 10.00. The van der Waals surface area contributed by atoms with Crippen LogP contribution in [0.15, 0.2) is 6.20 Å². The number of fused-ring (bicyclic) bond motifs is 1. The van der Waals surface area contributed by atoms with Crippen LogP contribution in [-0.4, -0.2) is 31.6 Å². The fraction of sp³-hybridized carbons (Fsp3) is 0.692. The maximum atomic E-state index is 11.0. The summed E-state index contributed by atoms with van der Waals surface area (Å²) >= 11 is 2.05. The highest BCUT2D eigenvalue weighted by Crippen LogP contribution is 2.29. The summed E-state index contributed by atoms with van der Waals surface area (Å²) in [6, 6.07) is 0. The van der Waals surface area contributed by atoms with Crippen molar-refractivity contribution in [3.8, 4) is 0 Å². The molecule has 1 N–H and O–H groups in total. The number of aliphatic carboxylic acids is 1. The molecule has 1 saturated heterocycles. The first kappa shape index (κ1) is 12.1. The van der Waals surface area contributed by atoms with Gasteiger partial charge in [-0.05, 0) is 25.0 Å². The van der Waals surface area contributed by atoms with E-state index in [4.69, 9.17) is 5.11 Å². The molecule has 2 aliphatic heterocycles. The number of rotatable bonds is 3. The molecular weight excluding hydrogens is 248 g/mol. The van der Waals surface area contributed by atoms with E-state index in [1.165, 1.54) is 18.6 Å². The molecule has 5 heteroatoms. The van der Waals surface area contributed by atoms with E-state index in [0.29, 0.717) is 6.54 Å². The Hall–Kier alpha value is -0.970. The zero-order valence-electron chi connectivity index (χ0n) is 10.3. The molecule has 1 aromatic heterocycles. The Kier molecular flexibility index (Phi) is 3.33. The smallest absolute Gasteiger partial charge is 0.308 e. The zero-order valence-corrected chi connectivity index (χ0v) is 11.2. The van der Waals surface area contributed by atoms with E-state index in [1.54, 1.807) is 0 Å². The number of thioether (sulfide) groups is 1. The van der Waals surface area contributed by atoms with E-state index in [1.807, 2.05) is 11.8 Å². The zero-order chi connectivity index (χ0) is 12.5. The number of aryl methyl sites for hydroxylation is 1. The molecule has 2 aliphatic rings. The van der Waals surface area contributed by atoms with Crippen LogP contribution in [0.5, 0.6) is 0 Å². The fourth-order valence-electron chi connectivity index (χ4n) is 2.84. The minimum absolute atomic E-state index is 0.236. The highest BCUT2D eigenvalue weighted by molar-refractivity contribution is 8.00. The Morgan fingerprint density at radius 1 is 1.56 bits per heavy atom. The molecule has 3 rings (SSSR count). The van der Waals surface area contributed by atoms with Gasteiger partial charge in [0.2, 0.25) is 0 Å². The van der Waals surface area contributed by atoms with Crippen LogP contribution >= 0.6 is 11.8 Å². The highest BCUT2D eigenvalue weighted by atomic mass is 32.2. The number of carboxylic acid groups (broad SMARTS) is 1. The third-order valence-corrected chi connectivity index (χ3v) is 5.25. The maximum absolute atomic E-state index is 11.0. The first-order valence-corrected chi connectivity index (χ1v) is 7.66. The molecule has 2 atom stereocenters. The second-order valence-electron chi connectivity index (χ2n) is 5.21. The lowest BCUT2D eigenvalue weighted by Gasteiger charge is -2.19. The molecule has 1 fully saturated rings. The molecule has 0 bridgehead atoms. The van der Waals surface area contributed by atoms with Gasteiger partial charge in [-0.1, -0.05) is 0 Å². The van der Waals surface area contributed by atoms with Crippen LogP contribution < -0.4 is 0 Å². The van der Waals surface area contributed by atoms with Gasteiger partial charge in [0.25, 0.3) is 0 Å². The molecule has 4 nitrogen and oxygen atoms in total. The van der Waals surface area contributed by atoms with Crippen molar-refractivity contribution >= 4 is 17.7 Å². The van der Waals surface area contributed by atoms with Gasteiger partial charge in [0, 0.05) is 30.8 Å². The number of imidazole rings is 1. The fourth-order valence-corrected chi connectivity index (χ4v) is 4.13. The second kappa shape index (κ2) is 4.96. The summed E-state index contributed by atoms with van der Waals surface area (Å²) in [5.74, 6) is 1.44. The van der Waals surface area contributed by atoms with E-state index >= 15 is 0 Å². The van der Waals surface area contributed by atoms with Crippen LogP contribution in [0.2, 0.25) is 0 Å². The van der Waals surface area contributed by atoms with Gasteiger partial charge in [-0.2, -0.15) is 11.8 Å². The predicted octanol–water partition coefficient (Wildman–Crippen LogP) is 1.97. The lowest BCUT2D eigenvalue weighted by Crippen LogP contribution is -2.26. The van der Waals surface area contributed by atoms with Crippen LogP contribution in [0.25, 0.3) is 0 Å². The average Bonchev–Trinajstić information content (AvgIpc) is 2.96. The molecule has 98 valence electrons. The molecule has 0 amide bonds. The van der Waals surface area contributed by atoms with Crippen LogP contribution in [0.3, 0.4) is 0 Å². The van der Waals surface area contributed by atoms with Crippen molar-refractivity contribution in [1.82, 2.24) is 9.55 Å². The van der Waals surface area contributed by atoms with Gasteiger partial charge in [0.05, 0.1) is 11.6 Å². The first-order valence-electron chi connectivity index (χ1n) is 6.61. The predicted molar refractivity (Wildman–Crippen MR) is 70.9 cm³/mol. The molecule has 0 aromatic carbocycles. The van der Waals surface area contributed by atoms with Crippen molar-refractivity contribution in [2.45, 2.75) is 43.9 Å². The van der Waals surface area contributed by atoms with Crippen molar-refractivity contribution < 1.29 is 9.90 Å². The molecule has 1 aromatic rings. The second-order valence-corrected chi connectivity index (χ2v) is 6.62. The van der Waals surface area contributed by atoms with Gasteiger partial charge in [0.15, 0.2) is 0 Å². The molecule has 0 radical (unpaired) electrons. The SMILES string of the molecule is O=C(O)C1CCc2nc(CC3CCCS3)cn2C1. The number of carbonyl (C=O) groups is 1. The Morgan fingerprint density at radius 3 is 3.17 bits per heavy atom. The molecule has 2 unspecified atom stereocenters. The van der Waals surface area contributed by atoms with Crippen molar-refractivity contribution in [2.24, 2.45) is 5.92 Å². The van der Waals surface area contributed by atoms with Gasteiger partial charge < -0.3 is 9.67 Å². The number of aromatic nitrogens is 2. The lowest BCUT2D eigenvalue weighted by molar-refractivity contribution is -0.142. The van der Waals surface area contributed by atoms with Crippen molar-refractivity contribution in [3.63, 3.8) is 0 Å². The largest absolute Gasteiger partial charge is 0.481 e. The summed E-state index contributed by atoms with van der Waals surface area (Å²) in [6.07, 6.45) is 7.26. The van der Waals surface area contributed by atoms with Gasteiger partial charge >= 0.3 is 5.97 Å². The van der Waals surface area contributed by atoms with Gasteiger partial charge in [-0.3, -0.25) is 4.79 Å². The summed E-state index contributed by atoms with van der Waals surface area (Å²) in [4.78, 5) is 15.7. The summed E-state index contributed by atoms with van der Waals surface area (Å²) in [5, 5.41) is 9.78. The normalized spacial score (nSPS) is 27.1. The van der Waals surface area contributed by atoms with Crippen LogP contribution in [-0.2, 0) is 24.2 Å².